The van der Waals surface area contributed by atoms with Crippen molar-refractivity contribution in [1.82, 2.24) is 9.80 Å². The molecule has 1 amide bonds. The molecular formula is C12H24N2O2S. The largest absolute Gasteiger partial charge is 0.389 e. The fourth-order valence-corrected chi connectivity index (χ4v) is 2.22. The second-order valence-corrected chi connectivity index (χ2v) is 5.96. The number of β-amino-alcohol motifs (C(OH)–C–C–N with tert-alkyl or cyclic N) is 1. The Labute approximate surface area is 109 Å². The fraction of sp³-hybridized carbons (Fsp3) is 0.917. The number of piperazine rings is 1. The van der Waals surface area contributed by atoms with Crippen LogP contribution in [-0.4, -0.2) is 64.4 Å². The van der Waals surface area contributed by atoms with Crippen LogP contribution in [0.25, 0.3) is 0 Å². The molecule has 0 aromatic rings. The third-order valence-corrected chi connectivity index (χ3v) is 3.55. The van der Waals surface area contributed by atoms with Crippen LogP contribution in [0.3, 0.4) is 0 Å². The standard InChI is InChI=1S/C12H24N2O2S/c1-4-10(17)11(15)14-7-5-13(6-8-14)9-12(2,3)16/h10,16-17H,4-9H2,1-3H3. The van der Waals surface area contributed by atoms with Crippen LogP contribution >= 0.6 is 12.6 Å². The zero-order valence-electron chi connectivity index (χ0n) is 11.0. The van der Waals surface area contributed by atoms with Crippen LogP contribution in [0.2, 0.25) is 0 Å². The van der Waals surface area contributed by atoms with Crippen molar-refractivity contribution in [3.05, 3.63) is 0 Å². The molecule has 0 radical (unpaired) electrons. The normalized spacial score (nSPS) is 20.4. The summed E-state index contributed by atoms with van der Waals surface area (Å²) in [5.41, 5.74) is -0.665. The summed E-state index contributed by atoms with van der Waals surface area (Å²) in [6.45, 7) is 9.40. The molecule has 1 atom stereocenters. The van der Waals surface area contributed by atoms with Crippen LogP contribution < -0.4 is 0 Å². The smallest absolute Gasteiger partial charge is 0.235 e. The number of rotatable bonds is 4. The number of carbonyl (C=O) groups excluding carboxylic acids is 1. The van der Waals surface area contributed by atoms with Gasteiger partial charge in [-0.25, -0.2) is 0 Å². The van der Waals surface area contributed by atoms with Gasteiger partial charge in [0.05, 0.1) is 10.9 Å². The van der Waals surface area contributed by atoms with Crippen LogP contribution in [0.4, 0.5) is 0 Å². The lowest BCUT2D eigenvalue weighted by molar-refractivity contribution is -0.132. The molecule has 100 valence electrons. The third-order valence-electron chi connectivity index (χ3n) is 2.97. The van der Waals surface area contributed by atoms with Crippen molar-refractivity contribution in [2.24, 2.45) is 0 Å². The molecule has 1 aliphatic heterocycles. The summed E-state index contributed by atoms with van der Waals surface area (Å²) >= 11 is 4.28. The van der Waals surface area contributed by atoms with Crippen LogP contribution in [0.1, 0.15) is 27.2 Å². The van der Waals surface area contributed by atoms with Gasteiger partial charge in [-0.05, 0) is 20.3 Å². The van der Waals surface area contributed by atoms with Gasteiger partial charge in [-0.3, -0.25) is 9.69 Å². The summed E-state index contributed by atoms with van der Waals surface area (Å²) < 4.78 is 0. The second-order valence-electron chi connectivity index (χ2n) is 5.34. The maximum atomic E-state index is 11.9. The molecule has 0 bridgehead atoms. The number of hydrogen-bond donors (Lipinski definition) is 2. The Morgan fingerprint density at radius 2 is 1.88 bits per heavy atom. The van der Waals surface area contributed by atoms with E-state index in [0.717, 1.165) is 32.6 Å². The van der Waals surface area contributed by atoms with E-state index in [1.54, 1.807) is 0 Å². The first-order valence-electron chi connectivity index (χ1n) is 6.25. The molecular weight excluding hydrogens is 236 g/mol. The van der Waals surface area contributed by atoms with E-state index >= 15 is 0 Å². The van der Waals surface area contributed by atoms with Crippen molar-refractivity contribution in [2.75, 3.05) is 32.7 Å². The Kier molecular flexibility index (Phi) is 5.28. The van der Waals surface area contributed by atoms with Gasteiger partial charge in [0.25, 0.3) is 0 Å². The van der Waals surface area contributed by atoms with Crippen molar-refractivity contribution in [3.8, 4) is 0 Å². The van der Waals surface area contributed by atoms with Gasteiger partial charge < -0.3 is 10.0 Å². The molecule has 1 saturated heterocycles. The molecule has 17 heavy (non-hydrogen) atoms. The molecule has 0 saturated carbocycles. The quantitative estimate of drug-likeness (QED) is 0.728. The third kappa shape index (κ3) is 4.85. The molecule has 0 aromatic carbocycles. The van der Waals surface area contributed by atoms with Gasteiger partial charge in [-0.1, -0.05) is 6.92 Å². The summed E-state index contributed by atoms with van der Waals surface area (Å²) in [6, 6.07) is 0. The van der Waals surface area contributed by atoms with Crippen LogP contribution in [0, 0.1) is 0 Å². The van der Waals surface area contributed by atoms with Crippen LogP contribution in [0.5, 0.6) is 0 Å². The first kappa shape index (κ1) is 14.8. The molecule has 1 unspecified atom stereocenters. The van der Waals surface area contributed by atoms with Gasteiger partial charge in [0.2, 0.25) is 5.91 Å². The minimum atomic E-state index is -0.665. The van der Waals surface area contributed by atoms with Crippen molar-refractivity contribution in [3.63, 3.8) is 0 Å². The molecule has 4 nitrogen and oxygen atoms in total. The average Bonchev–Trinajstić information content (AvgIpc) is 2.26. The van der Waals surface area contributed by atoms with E-state index in [2.05, 4.69) is 17.5 Å². The zero-order chi connectivity index (χ0) is 13.1. The molecule has 0 aliphatic carbocycles. The van der Waals surface area contributed by atoms with Gasteiger partial charge in [0.15, 0.2) is 0 Å². The maximum absolute atomic E-state index is 11.9. The Morgan fingerprint density at radius 1 is 1.35 bits per heavy atom. The topological polar surface area (TPSA) is 43.8 Å². The van der Waals surface area contributed by atoms with E-state index in [1.807, 2.05) is 25.7 Å². The summed E-state index contributed by atoms with van der Waals surface area (Å²) in [4.78, 5) is 16.0. The summed E-state index contributed by atoms with van der Waals surface area (Å²) in [5.74, 6) is 0.138. The highest BCUT2D eigenvalue weighted by Crippen LogP contribution is 2.12. The summed E-state index contributed by atoms with van der Waals surface area (Å²) in [6.07, 6.45) is 0.770. The summed E-state index contributed by atoms with van der Waals surface area (Å²) in [5, 5.41) is 9.57. The number of amides is 1. The van der Waals surface area contributed by atoms with Gasteiger partial charge >= 0.3 is 0 Å². The number of nitrogens with zero attached hydrogens (tertiary/aromatic N) is 2. The molecule has 5 heteroatoms. The van der Waals surface area contributed by atoms with E-state index in [-0.39, 0.29) is 11.2 Å². The highest BCUT2D eigenvalue weighted by molar-refractivity contribution is 7.81. The Bertz CT molecular complexity index is 258. The molecule has 0 aromatic heterocycles. The van der Waals surface area contributed by atoms with E-state index in [1.165, 1.54) is 0 Å². The summed E-state index contributed by atoms with van der Waals surface area (Å²) in [7, 11) is 0. The Balaban J connectivity index is 2.38. The van der Waals surface area contributed by atoms with Gasteiger partial charge in [0.1, 0.15) is 0 Å². The van der Waals surface area contributed by atoms with E-state index in [9.17, 15) is 9.90 Å². The molecule has 1 rings (SSSR count). The monoisotopic (exact) mass is 260 g/mol. The second kappa shape index (κ2) is 6.07. The molecule has 1 N–H and O–H groups in total. The van der Waals surface area contributed by atoms with Gasteiger partial charge in [-0.15, -0.1) is 0 Å². The first-order valence-corrected chi connectivity index (χ1v) is 6.76. The van der Waals surface area contributed by atoms with E-state index in [4.69, 9.17) is 0 Å². The predicted octanol–water partition coefficient (Wildman–Crippen LogP) is 0.610. The number of hydrogen-bond acceptors (Lipinski definition) is 4. The minimum Gasteiger partial charge on any atom is -0.389 e. The van der Waals surface area contributed by atoms with Crippen LogP contribution in [-0.2, 0) is 4.79 Å². The number of aliphatic hydroxyl groups is 1. The minimum absolute atomic E-state index is 0.138. The van der Waals surface area contributed by atoms with E-state index in [0.29, 0.717) is 6.54 Å². The number of carbonyl (C=O) groups is 1. The molecule has 1 aliphatic rings. The molecule has 1 heterocycles. The maximum Gasteiger partial charge on any atom is 0.235 e. The predicted molar refractivity (Wildman–Crippen MR) is 72.4 cm³/mol. The zero-order valence-corrected chi connectivity index (χ0v) is 11.9. The van der Waals surface area contributed by atoms with Crippen molar-refractivity contribution in [2.45, 2.75) is 38.0 Å². The lowest BCUT2D eigenvalue weighted by Gasteiger charge is -2.38. The van der Waals surface area contributed by atoms with Crippen molar-refractivity contribution >= 4 is 18.5 Å². The van der Waals surface area contributed by atoms with E-state index < -0.39 is 5.60 Å². The SMILES string of the molecule is CCC(S)C(=O)N1CCN(CC(C)(C)O)CC1. The molecule has 0 spiro atoms. The van der Waals surface area contributed by atoms with Crippen molar-refractivity contribution < 1.29 is 9.90 Å². The highest BCUT2D eigenvalue weighted by atomic mass is 32.1. The lowest BCUT2D eigenvalue weighted by atomic mass is 10.1. The molecule has 1 fully saturated rings. The Morgan fingerprint density at radius 3 is 2.29 bits per heavy atom. The Hall–Kier alpha value is -0.260. The lowest BCUT2D eigenvalue weighted by Crippen LogP contribution is -2.53. The first-order chi connectivity index (χ1) is 7.83. The highest BCUT2D eigenvalue weighted by Gasteiger charge is 2.26. The fourth-order valence-electron chi connectivity index (χ4n) is 2.06. The van der Waals surface area contributed by atoms with Crippen LogP contribution in [0.15, 0.2) is 0 Å². The average molecular weight is 260 g/mol. The van der Waals surface area contributed by atoms with Crippen molar-refractivity contribution in [1.29, 1.82) is 0 Å². The van der Waals surface area contributed by atoms with Gasteiger partial charge in [0, 0.05) is 32.7 Å². The van der Waals surface area contributed by atoms with Gasteiger partial charge in [-0.2, -0.15) is 12.6 Å². The number of thiol groups is 1.